The third-order valence-corrected chi connectivity index (χ3v) is 20.0. The fourth-order valence-electron chi connectivity index (χ4n) is 7.87. The van der Waals surface area contributed by atoms with Crippen molar-refractivity contribution in [3.63, 3.8) is 0 Å². The second kappa shape index (κ2) is 12.6. The Bertz CT molecular complexity index is 1360. The standard InChI is InChI=1S/C40H48O3Si2/c1-39(2,3)44(31-19-11-7-12-20-31,32-21-13-8-14-22-32)41-29-35-36(38-28-27-37(35)43-38)30-42-45(40(4,5)6,33-23-15-9-16-24-33)34-25-17-10-18-26-34/h7-28,35-38H,29-30H2,1-6H3/t35-,36+,37+,38-. The van der Waals surface area contributed by atoms with E-state index in [4.69, 9.17) is 13.6 Å². The summed E-state index contributed by atoms with van der Waals surface area (Å²) in [7, 11) is -5.36. The molecule has 4 aromatic rings. The molecule has 0 saturated carbocycles. The summed E-state index contributed by atoms with van der Waals surface area (Å²) in [5.74, 6) is 0.416. The highest BCUT2D eigenvalue weighted by molar-refractivity contribution is 7.00. The Hall–Kier alpha value is -3.07. The van der Waals surface area contributed by atoms with Crippen molar-refractivity contribution in [1.82, 2.24) is 0 Å². The lowest BCUT2D eigenvalue weighted by molar-refractivity contribution is 0.0923. The lowest BCUT2D eigenvalue weighted by Gasteiger charge is -2.45. The topological polar surface area (TPSA) is 27.7 Å². The van der Waals surface area contributed by atoms with Crippen LogP contribution in [0.2, 0.25) is 10.1 Å². The number of ether oxygens (including phenoxy) is 1. The summed E-state index contributed by atoms with van der Waals surface area (Å²) in [6.45, 7) is 15.3. The number of hydrogen-bond donors (Lipinski definition) is 0. The monoisotopic (exact) mass is 632 g/mol. The first kappa shape index (κ1) is 31.9. The van der Waals surface area contributed by atoms with Gasteiger partial charge in [0.15, 0.2) is 0 Å². The fraction of sp³-hybridized carbons (Fsp3) is 0.350. The summed E-state index contributed by atoms with van der Waals surface area (Å²) in [4.78, 5) is 0. The normalized spacial score (nSPS) is 21.7. The van der Waals surface area contributed by atoms with Gasteiger partial charge in [-0.1, -0.05) is 175 Å². The lowest BCUT2D eigenvalue weighted by atomic mass is 9.84. The molecule has 4 atom stereocenters. The average Bonchev–Trinajstić information content (AvgIpc) is 3.65. The Labute approximate surface area is 272 Å². The van der Waals surface area contributed by atoms with E-state index in [1.54, 1.807) is 0 Å². The van der Waals surface area contributed by atoms with Gasteiger partial charge in [-0.05, 0) is 30.8 Å². The van der Waals surface area contributed by atoms with Crippen molar-refractivity contribution in [2.75, 3.05) is 13.2 Å². The molecule has 0 unspecified atom stereocenters. The molecule has 2 bridgehead atoms. The van der Waals surface area contributed by atoms with Crippen molar-refractivity contribution in [2.24, 2.45) is 11.8 Å². The van der Waals surface area contributed by atoms with Gasteiger partial charge in [0, 0.05) is 25.0 Å². The molecule has 3 nitrogen and oxygen atoms in total. The molecule has 2 aliphatic heterocycles. The minimum Gasteiger partial charge on any atom is -0.407 e. The first-order chi connectivity index (χ1) is 21.6. The van der Waals surface area contributed by atoms with Crippen LogP contribution in [0.1, 0.15) is 41.5 Å². The van der Waals surface area contributed by atoms with Crippen LogP contribution in [0.3, 0.4) is 0 Å². The highest BCUT2D eigenvalue weighted by atomic mass is 28.4. The van der Waals surface area contributed by atoms with E-state index in [0.29, 0.717) is 13.2 Å². The van der Waals surface area contributed by atoms with Gasteiger partial charge in [-0.15, -0.1) is 0 Å². The van der Waals surface area contributed by atoms with Crippen molar-refractivity contribution in [3.05, 3.63) is 133 Å². The molecule has 4 aromatic carbocycles. The predicted molar refractivity (Wildman–Crippen MR) is 192 cm³/mol. The Balaban J connectivity index is 1.35. The molecule has 2 aliphatic rings. The third-order valence-electron chi connectivity index (χ3n) is 10.0. The summed E-state index contributed by atoms with van der Waals surface area (Å²) in [6.07, 6.45) is 4.59. The summed E-state index contributed by atoms with van der Waals surface area (Å²) >= 11 is 0. The van der Waals surface area contributed by atoms with Crippen LogP contribution in [0.15, 0.2) is 133 Å². The molecule has 0 spiro atoms. The van der Waals surface area contributed by atoms with E-state index in [2.05, 4.69) is 175 Å². The van der Waals surface area contributed by atoms with Crippen LogP contribution in [-0.2, 0) is 13.6 Å². The largest absolute Gasteiger partial charge is 0.407 e. The second-order valence-corrected chi connectivity index (χ2v) is 23.3. The van der Waals surface area contributed by atoms with Crippen LogP contribution in [0.4, 0.5) is 0 Å². The number of fused-ring (bicyclic) bond motifs is 2. The molecular formula is C40H48O3Si2. The molecular weight excluding hydrogens is 585 g/mol. The Kier molecular flexibility index (Phi) is 8.94. The van der Waals surface area contributed by atoms with Crippen LogP contribution >= 0.6 is 0 Å². The first-order valence-corrected chi connectivity index (χ1v) is 20.2. The van der Waals surface area contributed by atoms with Gasteiger partial charge in [0.05, 0.1) is 12.2 Å². The van der Waals surface area contributed by atoms with Crippen molar-refractivity contribution < 1.29 is 13.6 Å². The van der Waals surface area contributed by atoms with Crippen LogP contribution in [-0.4, -0.2) is 42.1 Å². The van der Waals surface area contributed by atoms with E-state index in [1.807, 2.05) is 0 Å². The molecule has 0 N–H and O–H groups in total. The van der Waals surface area contributed by atoms with E-state index in [-0.39, 0.29) is 34.1 Å². The van der Waals surface area contributed by atoms with Crippen molar-refractivity contribution in [1.29, 1.82) is 0 Å². The number of rotatable bonds is 10. The molecule has 0 amide bonds. The first-order valence-electron chi connectivity index (χ1n) is 16.4. The maximum atomic E-state index is 7.48. The zero-order valence-electron chi connectivity index (χ0n) is 27.7. The molecule has 0 aromatic heterocycles. The van der Waals surface area contributed by atoms with E-state index in [1.165, 1.54) is 20.7 Å². The fourth-order valence-corrected chi connectivity index (χ4v) is 17.1. The molecule has 2 heterocycles. The minimum absolute atomic E-state index is 0.0426. The predicted octanol–water partition coefficient (Wildman–Crippen LogP) is 6.71. The summed E-state index contributed by atoms with van der Waals surface area (Å²) in [5.41, 5.74) is 0. The van der Waals surface area contributed by atoms with Gasteiger partial charge in [0.1, 0.15) is 0 Å². The molecule has 45 heavy (non-hydrogen) atoms. The van der Waals surface area contributed by atoms with Crippen LogP contribution in [0, 0.1) is 11.8 Å². The van der Waals surface area contributed by atoms with Crippen LogP contribution in [0.5, 0.6) is 0 Å². The minimum atomic E-state index is -2.68. The van der Waals surface area contributed by atoms with E-state index in [0.717, 1.165) is 0 Å². The van der Waals surface area contributed by atoms with Gasteiger partial charge in [0.25, 0.3) is 16.6 Å². The third kappa shape index (κ3) is 5.74. The smallest absolute Gasteiger partial charge is 0.261 e. The van der Waals surface area contributed by atoms with Gasteiger partial charge < -0.3 is 13.6 Å². The highest BCUT2D eigenvalue weighted by Gasteiger charge is 2.55. The van der Waals surface area contributed by atoms with Crippen molar-refractivity contribution >= 4 is 37.4 Å². The van der Waals surface area contributed by atoms with Gasteiger partial charge in [-0.25, -0.2) is 0 Å². The number of benzene rings is 4. The SMILES string of the molecule is CC(C)(C)[Si](OC[C@@H]1[C@H](CO[Si](c2ccccc2)(c2ccccc2)C(C)(C)C)[C@H]2C=C[C@@H]1O2)(c1ccccc1)c1ccccc1. The second-order valence-electron chi connectivity index (χ2n) is 14.7. The van der Waals surface area contributed by atoms with E-state index in [9.17, 15) is 0 Å². The molecule has 5 heteroatoms. The van der Waals surface area contributed by atoms with Gasteiger partial charge in [0.2, 0.25) is 0 Å². The van der Waals surface area contributed by atoms with Gasteiger partial charge in [-0.2, -0.15) is 0 Å². The van der Waals surface area contributed by atoms with E-state index >= 15 is 0 Å². The summed E-state index contributed by atoms with van der Waals surface area (Å²) in [5, 5.41) is 5.08. The number of hydrogen-bond acceptors (Lipinski definition) is 3. The van der Waals surface area contributed by atoms with Crippen LogP contribution < -0.4 is 20.7 Å². The molecule has 0 radical (unpaired) electrons. The highest BCUT2D eigenvalue weighted by Crippen LogP contribution is 2.44. The molecule has 0 aliphatic carbocycles. The molecule has 6 rings (SSSR count). The van der Waals surface area contributed by atoms with Crippen molar-refractivity contribution in [2.45, 2.75) is 63.8 Å². The van der Waals surface area contributed by atoms with Gasteiger partial charge in [-0.3, -0.25) is 0 Å². The van der Waals surface area contributed by atoms with Crippen molar-refractivity contribution in [3.8, 4) is 0 Å². The Morgan fingerprint density at radius 3 is 0.978 bits per heavy atom. The Morgan fingerprint density at radius 1 is 0.467 bits per heavy atom. The zero-order chi connectivity index (χ0) is 31.7. The molecule has 1 fully saturated rings. The molecule has 1 saturated heterocycles. The average molecular weight is 633 g/mol. The molecule has 234 valence electrons. The summed E-state index contributed by atoms with van der Waals surface area (Å²) < 4.78 is 21.5. The zero-order valence-corrected chi connectivity index (χ0v) is 29.7. The maximum Gasteiger partial charge on any atom is 0.261 e. The quantitative estimate of drug-likeness (QED) is 0.144. The lowest BCUT2D eigenvalue weighted by Crippen LogP contribution is -2.67. The maximum absolute atomic E-state index is 7.48. The van der Waals surface area contributed by atoms with E-state index < -0.39 is 16.6 Å². The summed E-state index contributed by atoms with van der Waals surface area (Å²) in [6, 6.07) is 43.8. The Morgan fingerprint density at radius 2 is 0.733 bits per heavy atom. The van der Waals surface area contributed by atoms with Crippen LogP contribution in [0.25, 0.3) is 0 Å². The van der Waals surface area contributed by atoms with Gasteiger partial charge >= 0.3 is 0 Å².